The Hall–Kier alpha value is -1.26. The summed E-state index contributed by atoms with van der Waals surface area (Å²) in [6, 6.07) is 6.60. The van der Waals surface area contributed by atoms with Gasteiger partial charge in [0.25, 0.3) is 0 Å². The van der Waals surface area contributed by atoms with Crippen molar-refractivity contribution in [3.63, 3.8) is 0 Å². The van der Waals surface area contributed by atoms with Crippen molar-refractivity contribution in [1.29, 1.82) is 0 Å². The Morgan fingerprint density at radius 3 is 2.58 bits per heavy atom. The minimum atomic E-state index is 0.146. The number of aryl methyl sites for hydroxylation is 1. The van der Waals surface area contributed by atoms with E-state index in [9.17, 15) is 0 Å². The molecule has 0 atom stereocenters. The van der Waals surface area contributed by atoms with Crippen LogP contribution < -0.4 is 5.73 Å². The van der Waals surface area contributed by atoms with Crippen molar-refractivity contribution < 1.29 is 0 Å². The van der Waals surface area contributed by atoms with Crippen LogP contribution >= 0.6 is 11.3 Å². The molecule has 0 saturated carbocycles. The maximum Gasteiger partial charge on any atom is 0.148 e. The highest BCUT2D eigenvalue weighted by Gasteiger charge is 2.16. The molecule has 3 nitrogen and oxygen atoms in total. The number of hydrogen-bond donors (Lipinski definition) is 1. The first-order valence-corrected chi connectivity index (χ1v) is 7.37. The molecule has 0 amide bonds. The lowest BCUT2D eigenvalue weighted by molar-refractivity contribution is 0.590. The van der Waals surface area contributed by atoms with Gasteiger partial charge in [0.15, 0.2) is 0 Å². The summed E-state index contributed by atoms with van der Waals surface area (Å²) in [7, 11) is 0. The number of hydrogen-bond acceptors (Lipinski definition) is 4. The van der Waals surface area contributed by atoms with Crippen molar-refractivity contribution >= 4 is 11.3 Å². The third-order valence-corrected chi connectivity index (χ3v) is 4.18. The Morgan fingerprint density at radius 1 is 1.21 bits per heavy atom. The molecule has 1 aromatic carbocycles. The summed E-state index contributed by atoms with van der Waals surface area (Å²) >= 11 is 1.64. The Morgan fingerprint density at radius 2 is 1.95 bits per heavy atom. The summed E-state index contributed by atoms with van der Waals surface area (Å²) in [6.45, 7) is 9.41. The van der Waals surface area contributed by atoms with Gasteiger partial charge in [0.2, 0.25) is 0 Å². The summed E-state index contributed by atoms with van der Waals surface area (Å²) < 4.78 is 0. The quantitative estimate of drug-likeness (QED) is 0.935. The Kier molecular flexibility index (Phi) is 4.02. The smallest absolute Gasteiger partial charge is 0.148 e. The van der Waals surface area contributed by atoms with Gasteiger partial charge in [-0.2, -0.15) is 0 Å². The van der Waals surface area contributed by atoms with E-state index in [0.717, 1.165) is 16.4 Å². The molecule has 0 radical (unpaired) electrons. The zero-order chi connectivity index (χ0) is 14.0. The second-order valence-electron chi connectivity index (χ2n) is 5.82. The number of nitrogens with two attached hydrogens (primary N) is 1. The van der Waals surface area contributed by atoms with Gasteiger partial charge in [-0.1, -0.05) is 44.2 Å². The Bertz CT molecular complexity index is 567. The lowest BCUT2D eigenvalue weighted by Gasteiger charge is -2.20. The molecule has 0 bridgehead atoms. The molecule has 102 valence electrons. The van der Waals surface area contributed by atoms with Crippen LogP contribution in [0.2, 0.25) is 0 Å². The maximum atomic E-state index is 5.56. The molecule has 0 fully saturated rings. The van der Waals surface area contributed by atoms with Gasteiger partial charge in [-0.25, -0.2) is 0 Å². The molecule has 4 heteroatoms. The number of aromatic nitrogens is 2. The van der Waals surface area contributed by atoms with Crippen molar-refractivity contribution in [3.8, 4) is 10.6 Å². The van der Waals surface area contributed by atoms with Gasteiger partial charge in [-0.05, 0) is 36.1 Å². The molecule has 2 N–H and O–H groups in total. The van der Waals surface area contributed by atoms with E-state index >= 15 is 0 Å². The van der Waals surface area contributed by atoms with Crippen molar-refractivity contribution in [2.45, 2.75) is 39.5 Å². The van der Waals surface area contributed by atoms with E-state index in [1.807, 2.05) is 0 Å². The van der Waals surface area contributed by atoms with Gasteiger partial charge >= 0.3 is 0 Å². The van der Waals surface area contributed by atoms with E-state index in [2.05, 4.69) is 56.1 Å². The van der Waals surface area contributed by atoms with Crippen LogP contribution in [0, 0.1) is 6.92 Å². The zero-order valence-corrected chi connectivity index (χ0v) is 12.8. The number of benzene rings is 1. The second-order valence-corrected chi connectivity index (χ2v) is 6.88. The normalized spacial score (nSPS) is 11.8. The van der Waals surface area contributed by atoms with Gasteiger partial charge in [0.1, 0.15) is 10.0 Å². The van der Waals surface area contributed by atoms with Crippen LogP contribution in [-0.2, 0) is 11.8 Å². The molecule has 0 spiro atoms. The van der Waals surface area contributed by atoms with Gasteiger partial charge in [0.05, 0.1) is 0 Å². The number of rotatable bonds is 3. The lowest BCUT2D eigenvalue weighted by atomic mass is 9.85. The SMILES string of the molecule is Cc1ccc(C(C)(C)C)cc1-c1nnc(CCN)s1. The molecule has 0 saturated heterocycles. The minimum absolute atomic E-state index is 0.146. The summed E-state index contributed by atoms with van der Waals surface area (Å²) in [4.78, 5) is 0. The van der Waals surface area contributed by atoms with E-state index in [1.54, 1.807) is 11.3 Å². The maximum absolute atomic E-state index is 5.56. The Labute approximate surface area is 118 Å². The van der Waals surface area contributed by atoms with Crippen LogP contribution in [0.15, 0.2) is 18.2 Å². The molecule has 1 aromatic heterocycles. The molecule has 0 unspecified atom stereocenters. The van der Waals surface area contributed by atoms with Crippen LogP contribution in [0.4, 0.5) is 0 Å². The van der Waals surface area contributed by atoms with Crippen LogP contribution in [0.5, 0.6) is 0 Å². The van der Waals surface area contributed by atoms with Gasteiger partial charge in [0, 0.05) is 12.0 Å². The highest BCUT2D eigenvalue weighted by atomic mass is 32.1. The largest absolute Gasteiger partial charge is 0.330 e. The molecule has 19 heavy (non-hydrogen) atoms. The van der Waals surface area contributed by atoms with E-state index in [1.165, 1.54) is 16.7 Å². The summed E-state index contributed by atoms with van der Waals surface area (Å²) in [5, 5.41) is 10.5. The van der Waals surface area contributed by atoms with Crippen LogP contribution in [0.3, 0.4) is 0 Å². The highest BCUT2D eigenvalue weighted by molar-refractivity contribution is 7.14. The number of nitrogens with zero attached hydrogens (tertiary/aromatic N) is 2. The summed E-state index contributed by atoms with van der Waals surface area (Å²) in [5.41, 5.74) is 9.45. The van der Waals surface area contributed by atoms with Crippen LogP contribution in [-0.4, -0.2) is 16.7 Å². The van der Waals surface area contributed by atoms with Gasteiger partial charge in [-0.15, -0.1) is 10.2 Å². The van der Waals surface area contributed by atoms with Gasteiger partial charge in [-0.3, -0.25) is 0 Å². The zero-order valence-electron chi connectivity index (χ0n) is 12.0. The van der Waals surface area contributed by atoms with Gasteiger partial charge < -0.3 is 5.73 Å². The predicted octanol–water partition coefficient (Wildman–Crippen LogP) is 3.31. The van der Waals surface area contributed by atoms with Crippen molar-refractivity contribution in [2.24, 2.45) is 5.73 Å². The molecule has 1 heterocycles. The topological polar surface area (TPSA) is 51.8 Å². The van der Waals surface area contributed by atoms with E-state index in [4.69, 9.17) is 5.73 Å². The minimum Gasteiger partial charge on any atom is -0.330 e. The molecule has 2 aromatic rings. The molecular weight excluding hydrogens is 254 g/mol. The summed E-state index contributed by atoms with van der Waals surface area (Å²) in [5.74, 6) is 0. The average molecular weight is 275 g/mol. The second kappa shape index (κ2) is 5.39. The fourth-order valence-electron chi connectivity index (χ4n) is 1.91. The molecule has 0 aliphatic carbocycles. The fraction of sp³-hybridized carbons (Fsp3) is 0.467. The van der Waals surface area contributed by atoms with E-state index in [0.29, 0.717) is 6.54 Å². The van der Waals surface area contributed by atoms with Crippen molar-refractivity contribution in [3.05, 3.63) is 34.3 Å². The highest BCUT2D eigenvalue weighted by Crippen LogP contribution is 2.31. The lowest BCUT2D eigenvalue weighted by Crippen LogP contribution is -2.11. The Balaban J connectivity index is 2.42. The molecule has 0 aliphatic rings. The first-order chi connectivity index (χ1) is 8.91. The third kappa shape index (κ3) is 3.19. The fourth-order valence-corrected chi connectivity index (χ4v) is 2.84. The first kappa shape index (κ1) is 14.2. The van der Waals surface area contributed by atoms with Crippen LogP contribution in [0.25, 0.3) is 10.6 Å². The summed E-state index contributed by atoms with van der Waals surface area (Å²) in [6.07, 6.45) is 0.801. The monoisotopic (exact) mass is 275 g/mol. The molecule has 2 rings (SSSR count). The average Bonchev–Trinajstić information content (AvgIpc) is 2.77. The van der Waals surface area contributed by atoms with E-state index < -0.39 is 0 Å². The molecular formula is C15H21N3S. The van der Waals surface area contributed by atoms with E-state index in [-0.39, 0.29) is 5.41 Å². The van der Waals surface area contributed by atoms with Crippen molar-refractivity contribution in [1.82, 2.24) is 10.2 Å². The van der Waals surface area contributed by atoms with Crippen molar-refractivity contribution in [2.75, 3.05) is 6.54 Å². The standard InChI is InChI=1S/C15H21N3S/c1-10-5-6-11(15(2,3)4)9-12(10)14-18-17-13(19-14)7-8-16/h5-6,9H,7-8,16H2,1-4H3. The van der Waals surface area contributed by atoms with Crippen LogP contribution in [0.1, 0.15) is 36.9 Å². The molecule has 0 aliphatic heterocycles. The third-order valence-electron chi connectivity index (χ3n) is 3.16. The first-order valence-electron chi connectivity index (χ1n) is 6.56. The predicted molar refractivity (Wildman–Crippen MR) is 81.5 cm³/mol.